The molecule has 0 saturated carbocycles. The van der Waals surface area contributed by atoms with E-state index < -0.39 is 0 Å². The minimum atomic E-state index is 0.165. The van der Waals surface area contributed by atoms with Crippen molar-refractivity contribution >= 4 is 5.91 Å². The number of carbonyl (C=O) groups excluding carboxylic acids is 1. The Morgan fingerprint density at radius 3 is 3.00 bits per heavy atom. The molecule has 1 aromatic carbocycles. The summed E-state index contributed by atoms with van der Waals surface area (Å²) in [7, 11) is 0. The van der Waals surface area contributed by atoms with Crippen LogP contribution in [-0.4, -0.2) is 30.4 Å². The van der Waals surface area contributed by atoms with Crippen molar-refractivity contribution in [3.8, 4) is 0 Å². The molecule has 1 heterocycles. The van der Waals surface area contributed by atoms with E-state index in [1.807, 2.05) is 17.0 Å². The number of amides is 1. The lowest BCUT2D eigenvalue weighted by molar-refractivity contribution is 0.0738. The lowest BCUT2D eigenvalue weighted by Crippen LogP contribution is -2.39. The van der Waals surface area contributed by atoms with E-state index in [4.69, 9.17) is 5.73 Å². The topological polar surface area (TPSA) is 46.3 Å². The lowest BCUT2D eigenvalue weighted by atomic mass is 9.94. The minimum Gasteiger partial charge on any atom is -0.338 e. The number of benzene rings is 1. The van der Waals surface area contributed by atoms with Gasteiger partial charge in [0.2, 0.25) is 0 Å². The van der Waals surface area contributed by atoms with E-state index >= 15 is 0 Å². The van der Waals surface area contributed by atoms with Crippen molar-refractivity contribution in [2.75, 3.05) is 19.6 Å². The standard InChI is InChI=1S/C13H18N2O/c1-10-4-2-5-12-11(10)6-9-15(13(12)16)8-3-7-14/h2,4-5H,3,6-9,14H2,1H3. The molecule has 2 rings (SSSR count). The molecule has 0 saturated heterocycles. The second-order valence-electron chi connectivity index (χ2n) is 4.29. The maximum absolute atomic E-state index is 12.2. The van der Waals surface area contributed by atoms with E-state index in [0.717, 1.165) is 31.5 Å². The van der Waals surface area contributed by atoms with Gasteiger partial charge in [-0.05, 0) is 43.5 Å². The third kappa shape index (κ3) is 1.95. The summed E-state index contributed by atoms with van der Waals surface area (Å²) in [5, 5.41) is 0. The summed E-state index contributed by atoms with van der Waals surface area (Å²) in [4.78, 5) is 14.1. The fourth-order valence-electron chi connectivity index (χ4n) is 2.25. The van der Waals surface area contributed by atoms with E-state index in [1.165, 1.54) is 11.1 Å². The van der Waals surface area contributed by atoms with Gasteiger partial charge in [-0.1, -0.05) is 12.1 Å². The molecule has 0 aliphatic carbocycles. The van der Waals surface area contributed by atoms with Crippen LogP contribution in [0.2, 0.25) is 0 Å². The smallest absolute Gasteiger partial charge is 0.254 e. The number of carbonyl (C=O) groups is 1. The number of hydrogen-bond acceptors (Lipinski definition) is 2. The first-order valence-electron chi connectivity index (χ1n) is 5.82. The molecule has 0 unspecified atom stereocenters. The second kappa shape index (κ2) is 4.66. The van der Waals surface area contributed by atoms with E-state index in [2.05, 4.69) is 13.0 Å². The average Bonchev–Trinajstić information content (AvgIpc) is 2.29. The zero-order valence-corrected chi connectivity index (χ0v) is 9.70. The zero-order valence-electron chi connectivity index (χ0n) is 9.70. The molecule has 2 N–H and O–H groups in total. The Balaban J connectivity index is 2.22. The van der Waals surface area contributed by atoms with Crippen LogP contribution < -0.4 is 5.73 Å². The Kier molecular flexibility index (Phi) is 3.25. The SMILES string of the molecule is Cc1cccc2c1CCN(CCCN)C2=O. The monoisotopic (exact) mass is 218 g/mol. The maximum Gasteiger partial charge on any atom is 0.254 e. The summed E-state index contributed by atoms with van der Waals surface area (Å²) < 4.78 is 0. The number of rotatable bonds is 3. The van der Waals surface area contributed by atoms with Gasteiger partial charge in [-0.15, -0.1) is 0 Å². The Hall–Kier alpha value is -1.35. The number of nitrogens with two attached hydrogens (primary N) is 1. The van der Waals surface area contributed by atoms with Gasteiger partial charge in [0, 0.05) is 18.7 Å². The predicted molar refractivity (Wildman–Crippen MR) is 64.5 cm³/mol. The molecule has 0 atom stereocenters. The lowest BCUT2D eigenvalue weighted by Gasteiger charge is -2.29. The third-order valence-electron chi connectivity index (χ3n) is 3.19. The van der Waals surface area contributed by atoms with Gasteiger partial charge < -0.3 is 10.6 Å². The molecule has 1 amide bonds. The molecule has 86 valence electrons. The molecule has 1 aliphatic rings. The molecule has 0 spiro atoms. The quantitative estimate of drug-likeness (QED) is 0.832. The zero-order chi connectivity index (χ0) is 11.5. The van der Waals surface area contributed by atoms with E-state index in [0.29, 0.717) is 6.54 Å². The Morgan fingerprint density at radius 1 is 1.44 bits per heavy atom. The summed E-state index contributed by atoms with van der Waals surface area (Å²) in [5.74, 6) is 0.165. The largest absolute Gasteiger partial charge is 0.338 e. The molecule has 0 fully saturated rings. The molecule has 0 bridgehead atoms. The molecular formula is C13H18N2O. The number of hydrogen-bond donors (Lipinski definition) is 1. The van der Waals surface area contributed by atoms with Crippen molar-refractivity contribution in [2.24, 2.45) is 5.73 Å². The van der Waals surface area contributed by atoms with Gasteiger partial charge >= 0.3 is 0 Å². The van der Waals surface area contributed by atoms with Crippen LogP contribution >= 0.6 is 0 Å². The molecule has 16 heavy (non-hydrogen) atoms. The predicted octanol–water partition coefficient (Wildman–Crippen LogP) is 1.34. The summed E-state index contributed by atoms with van der Waals surface area (Å²) in [6, 6.07) is 5.96. The molecule has 1 aromatic rings. The van der Waals surface area contributed by atoms with Crippen LogP contribution in [-0.2, 0) is 6.42 Å². The first kappa shape index (κ1) is 11.1. The third-order valence-corrected chi connectivity index (χ3v) is 3.19. The van der Waals surface area contributed by atoms with Crippen molar-refractivity contribution in [3.05, 3.63) is 34.9 Å². The average molecular weight is 218 g/mol. The van der Waals surface area contributed by atoms with E-state index in [9.17, 15) is 4.79 Å². The van der Waals surface area contributed by atoms with Gasteiger partial charge in [0.25, 0.3) is 5.91 Å². The van der Waals surface area contributed by atoms with Crippen molar-refractivity contribution in [1.29, 1.82) is 0 Å². The highest BCUT2D eigenvalue weighted by molar-refractivity contribution is 5.97. The van der Waals surface area contributed by atoms with Gasteiger partial charge in [-0.3, -0.25) is 4.79 Å². The number of nitrogens with zero attached hydrogens (tertiary/aromatic N) is 1. The van der Waals surface area contributed by atoms with Crippen molar-refractivity contribution < 1.29 is 4.79 Å². The first-order valence-corrected chi connectivity index (χ1v) is 5.82. The summed E-state index contributed by atoms with van der Waals surface area (Å²) in [5.41, 5.74) is 8.80. The number of fused-ring (bicyclic) bond motifs is 1. The molecule has 3 heteroatoms. The molecular weight excluding hydrogens is 200 g/mol. The van der Waals surface area contributed by atoms with Crippen LogP contribution in [0.25, 0.3) is 0 Å². The fraction of sp³-hybridized carbons (Fsp3) is 0.462. The highest BCUT2D eigenvalue weighted by Gasteiger charge is 2.24. The van der Waals surface area contributed by atoms with E-state index in [1.54, 1.807) is 0 Å². The summed E-state index contributed by atoms with van der Waals surface area (Å²) in [6.45, 7) is 4.32. The van der Waals surface area contributed by atoms with Crippen molar-refractivity contribution in [3.63, 3.8) is 0 Å². The number of aryl methyl sites for hydroxylation is 1. The highest BCUT2D eigenvalue weighted by Crippen LogP contribution is 2.21. The second-order valence-corrected chi connectivity index (χ2v) is 4.29. The summed E-state index contributed by atoms with van der Waals surface area (Å²) >= 11 is 0. The van der Waals surface area contributed by atoms with Crippen LogP contribution in [0.1, 0.15) is 27.9 Å². The highest BCUT2D eigenvalue weighted by atomic mass is 16.2. The molecule has 3 nitrogen and oxygen atoms in total. The Labute approximate surface area is 96.2 Å². The van der Waals surface area contributed by atoms with Crippen molar-refractivity contribution in [2.45, 2.75) is 19.8 Å². The molecule has 0 aromatic heterocycles. The van der Waals surface area contributed by atoms with Crippen LogP contribution in [0.4, 0.5) is 0 Å². The summed E-state index contributed by atoms with van der Waals surface area (Å²) in [6.07, 6.45) is 1.85. The van der Waals surface area contributed by atoms with Gasteiger partial charge in [0.05, 0.1) is 0 Å². The van der Waals surface area contributed by atoms with Gasteiger partial charge in [-0.2, -0.15) is 0 Å². The fourth-order valence-corrected chi connectivity index (χ4v) is 2.25. The van der Waals surface area contributed by atoms with Gasteiger partial charge in [-0.25, -0.2) is 0 Å². The van der Waals surface area contributed by atoms with Crippen LogP contribution in [0.3, 0.4) is 0 Å². The van der Waals surface area contributed by atoms with Crippen molar-refractivity contribution in [1.82, 2.24) is 4.90 Å². The maximum atomic E-state index is 12.2. The van der Waals surface area contributed by atoms with E-state index in [-0.39, 0.29) is 5.91 Å². The van der Waals surface area contributed by atoms with Gasteiger partial charge in [0.1, 0.15) is 0 Å². The minimum absolute atomic E-state index is 0.165. The van der Waals surface area contributed by atoms with Crippen LogP contribution in [0, 0.1) is 6.92 Å². The normalized spacial score (nSPS) is 15.1. The Morgan fingerprint density at radius 2 is 2.25 bits per heavy atom. The van der Waals surface area contributed by atoms with Crippen LogP contribution in [0.15, 0.2) is 18.2 Å². The van der Waals surface area contributed by atoms with Crippen LogP contribution in [0.5, 0.6) is 0 Å². The molecule has 0 radical (unpaired) electrons. The Bertz CT molecular complexity index is 401. The molecule has 1 aliphatic heterocycles. The first-order chi connectivity index (χ1) is 7.74. The van der Waals surface area contributed by atoms with Gasteiger partial charge in [0.15, 0.2) is 0 Å².